The number of hydrogen-bond donors (Lipinski definition) is 1. The Labute approximate surface area is 227 Å². The first-order valence-electron chi connectivity index (χ1n) is 12.8. The van der Waals surface area contributed by atoms with Gasteiger partial charge in [0.05, 0.1) is 11.9 Å². The van der Waals surface area contributed by atoms with Crippen LogP contribution in [0.1, 0.15) is 62.6 Å². The maximum absolute atomic E-state index is 13.5. The van der Waals surface area contributed by atoms with Crippen LogP contribution in [0.25, 0.3) is 0 Å². The van der Waals surface area contributed by atoms with Gasteiger partial charge in [0.1, 0.15) is 6.04 Å². The van der Waals surface area contributed by atoms with Crippen molar-refractivity contribution in [3.8, 4) is 0 Å². The van der Waals surface area contributed by atoms with Gasteiger partial charge in [0.25, 0.3) is 0 Å². The van der Waals surface area contributed by atoms with Crippen LogP contribution in [0.4, 0.5) is 5.69 Å². The van der Waals surface area contributed by atoms with Gasteiger partial charge in [0, 0.05) is 31.1 Å². The van der Waals surface area contributed by atoms with Crippen LogP contribution in [0.15, 0.2) is 42.5 Å². The number of hydrogen-bond acceptors (Lipinski definition) is 4. The Morgan fingerprint density at radius 1 is 1.00 bits per heavy atom. The fraction of sp³-hybridized carbons (Fsp3) is 0.500. The molecule has 0 aliphatic carbocycles. The van der Waals surface area contributed by atoms with Crippen molar-refractivity contribution >= 4 is 39.1 Å². The molecule has 0 aromatic heterocycles. The van der Waals surface area contributed by atoms with Gasteiger partial charge in [-0.2, -0.15) is 0 Å². The van der Waals surface area contributed by atoms with E-state index in [0.29, 0.717) is 30.1 Å². The summed E-state index contributed by atoms with van der Waals surface area (Å²) in [5.74, 6) is -0.368. The molecule has 0 heterocycles. The van der Waals surface area contributed by atoms with Crippen molar-refractivity contribution in [2.24, 2.45) is 0 Å². The monoisotopic (exact) mass is 549 g/mol. The molecule has 0 bridgehead atoms. The number of halogens is 1. The molecule has 0 radical (unpaired) electrons. The summed E-state index contributed by atoms with van der Waals surface area (Å²) in [5.41, 5.74) is 3.52. The van der Waals surface area contributed by atoms with Gasteiger partial charge >= 0.3 is 0 Å². The minimum atomic E-state index is -3.53. The van der Waals surface area contributed by atoms with E-state index in [1.165, 1.54) is 10.6 Å². The summed E-state index contributed by atoms with van der Waals surface area (Å²) in [4.78, 5) is 28.1. The largest absolute Gasteiger partial charge is 0.354 e. The van der Waals surface area contributed by atoms with Gasteiger partial charge < -0.3 is 10.2 Å². The van der Waals surface area contributed by atoms with Crippen LogP contribution in [0.3, 0.4) is 0 Å². The molecule has 0 spiro atoms. The number of carbonyl (C=O) groups excluding carboxylic acids is 2. The van der Waals surface area contributed by atoms with Crippen molar-refractivity contribution < 1.29 is 18.0 Å². The third-order valence-electron chi connectivity index (χ3n) is 6.41. The van der Waals surface area contributed by atoms with E-state index < -0.39 is 16.1 Å². The maximum atomic E-state index is 13.5. The van der Waals surface area contributed by atoms with E-state index in [9.17, 15) is 18.0 Å². The highest BCUT2D eigenvalue weighted by Gasteiger charge is 2.28. The number of benzene rings is 2. The Balaban J connectivity index is 2.20. The van der Waals surface area contributed by atoms with Crippen molar-refractivity contribution in [2.75, 3.05) is 23.7 Å². The van der Waals surface area contributed by atoms with Crippen LogP contribution in [0.5, 0.6) is 0 Å². The zero-order chi connectivity index (χ0) is 27.6. The van der Waals surface area contributed by atoms with Crippen molar-refractivity contribution in [3.63, 3.8) is 0 Å². The third kappa shape index (κ3) is 9.34. The molecule has 1 atom stereocenters. The number of aryl methyl sites for hydroxylation is 2. The number of nitrogens with zero attached hydrogens (tertiary/aromatic N) is 2. The lowest BCUT2D eigenvalue weighted by Gasteiger charge is -2.31. The summed E-state index contributed by atoms with van der Waals surface area (Å²) >= 11 is 6.03. The van der Waals surface area contributed by atoms with Crippen LogP contribution in [-0.4, -0.2) is 50.5 Å². The van der Waals surface area contributed by atoms with E-state index in [1.54, 1.807) is 23.1 Å². The van der Waals surface area contributed by atoms with Gasteiger partial charge in [0.15, 0.2) is 0 Å². The molecule has 1 N–H and O–H groups in total. The molecular formula is C28H40ClN3O4S. The fourth-order valence-corrected chi connectivity index (χ4v) is 5.18. The molecule has 0 saturated heterocycles. The minimum Gasteiger partial charge on any atom is -0.354 e. The lowest BCUT2D eigenvalue weighted by molar-refractivity contribution is -0.141. The Bertz CT molecular complexity index is 1150. The number of anilines is 1. The molecule has 0 unspecified atom stereocenters. The number of sulfonamides is 1. The summed E-state index contributed by atoms with van der Waals surface area (Å²) in [6, 6.07) is 12.1. The smallest absolute Gasteiger partial charge is 0.242 e. The van der Waals surface area contributed by atoms with E-state index in [4.69, 9.17) is 11.6 Å². The van der Waals surface area contributed by atoms with E-state index in [2.05, 4.69) is 12.2 Å². The molecule has 37 heavy (non-hydrogen) atoms. The average Bonchev–Trinajstić information content (AvgIpc) is 2.84. The fourth-order valence-electron chi connectivity index (χ4n) is 4.10. The molecule has 0 aliphatic heterocycles. The summed E-state index contributed by atoms with van der Waals surface area (Å²) in [5, 5.41) is 3.54. The van der Waals surface area contributed by atoms with E-state index >= 15 is 0 Å². The van der Waals surface area contributed by atoms with Crippen LogP contribution < -0.4 is 9.62 Å². The van der Waals surface area contributed by atoms with Gasteiger partial charge in [-0.25, -0.2) is 8.42 Å². The molecule has 0 saturated carbocycles. The zero-order valence-corrected chi connectivity index (χ0v) is 24.2. The number of unbranched alkanes of at least 4 members (excludes halogenated alkanes) is 1. The van der Waals surface area contributed by atoms with Gasteiger partial charge in [-0.15, -0.1) is 0 Å². The number of carbonyl (C=O) groups is 2. The number of amides is 2. The predicted molar refractivity (Wildman–Crippen MR) is 151 cm³/mol. The summed E-state index contributed by atoms with van der Waals surface area (Å²) in [6.45, 7) is 8.85. The maximum Gasteiger partial charge on any atom is 0.242 e. The first-order valence-corrected chi connectivity index (χ1v) is 15.1. The van der Waals surface area contributed by atoms with E-state index in [1.807, 2.05) is 45.0 Å². The van der Waals surface area contributed by atoms with Gasteiger partial charge in [0.2, 0.25) is 21.8 Å². The lowest BCUT2D eigenvalue weighted by Crippen LogP contribution is -2.49. The second-order valence-corrected chi connectivity index (χ2v) is 11.8. The van der Waals surface area contributed by atoms with Crippen LogP contribution >= 0.6 is 11.6 Å². The molecule has 0 fully saturated rings. The molecular weight excluding hydrogens is 510 g/mol. The molecule has 2 rings (SSSR count). The van der Waals surface area contributed by atoms with Crippen LogP contribution in [0, 0.1) is 13.8 Å². The van der Waals surface area contributed by atoms with Crippen LogP contribution in [-0.2, 0) is 26.2 Å². The Morgan fingerprint density at radius 3 is 2.24 bits per heavy atom. The molecule has 204 valence electrons. The molecule has 2 amide bonds. The standard InChI is InChI=1S/C28H40ClN3O4S/c1-6-8-17-30-28(34)26(7-2)31(20-23-12-14-24(29)15-13-23)27(33)10-9-18-32(37(5,35)36)25-16-11-21(3)22(4)19-25/h11-16,19,26H,6-10,17-18,20H2,1-5H3,(H,30,34)/t26-/m0/s1. The summed E-state index contributed by atoms with van der Waals surface area (Å²) in [6.07, 6.45) is 3.90. The van der Waals surface area contributed by atoms with Crippen molar-refractivity contribution in [1.29, 1.82) is 0 Å². The lowest BCUT2D eigenvalue weighted by atomic mass is 10.1. The van der Waals surface area contributed by atoms with E-state index in [-0.39, 0.29) is 31.3 Å². The molecule has 0 aliphatic rings. The highest BCUT2D eigenvalue weighted by Crippen LogP contribution is 2.22. The molecule has 9 heteroatoms. The van der Waals surface area contributed by atoms with Crippen LogP contribution in [0.2, 0.25) is 5.02 Å². The molecule has 2 aromatic rings. The van der Waals surface area contributed by atoms with Crippen molar-refractivity contribution in [3.05, 3.63) is 64.2 Å². The SMILES string of the molecule is CCCCNC(=O)[C@H](CC)N(Cc1ccc(Cl)cc1)C(=O)CCCN(c1ccc(C)c(C)c1)S(C)(=O)=O. The van der Waals surface area contributed by atoms with Crippen molar-refractivity contribution in [1.82, 2.24) is 10.2 Å². The number of nitrogens with one attached hydrogen (secondary N) is 1. The second kappa shape index (κ2) is 14.4. The average molecular weight is 550 g/mol. The zero-order valence-electron chi connectivity index (χ0n) is 22.6. The first kappa shape index (κ1) is 30.6. The second-order valence-electron chi connectivity index (χ2n) is 9.42. The molecule has 2 aromatic carbocycles. The van der Waals surface area contributed by atoms with Gasteiger partial charge in [-0.05, 0) is 74.1 Å². The van der Waals surface area contributed by atoms with Gasteiger partial charge in [-0.1, -0.05) is 50.1 Å². The highest BCUT2D eigenvalue weighted by atomic mass is 35.5. The topological polar surface area (TPSA) is 86.8 Å². The Hall–Kier alpha value is -2.58. The predicted octanol–water partition coefficient (Wildman–Crippen LogP) is 5.23. The Kier molecular flexibility index (Phi) is 11.9. The van der Waals surface area contributed by atoms with Gasteiger partial charge in [-0.3, -0.25) is 13.9 Å². The highest BCUT2D eigenvalue weighted by molar-refractivity contribution is 7.92. The first-order chi connectivity index (χ1) is 17.5. The normalized spacial score (nSPS) is 12.2. The third-order valence-corrected chi connectivity index (χ3v) is 7.86. The summed E-state index contributed by atoms with van der Waals surface area (Å²) in [7, 11) is -3.53. The summed E-state index contributed by atoms with van der Waals surface area (Å²) < 4.78 is 26.4. The van der Waals surface area contributed by atoms with Crippen molar-refractivity contribution in [2.45, 2.75) is 72.4 Å². The minimum absolute atomic E-state index is 0.114. The Morgan fingerprint density at radius 2 is 1.68 bits per heavy atom. The molecule has 7 nitrogen and oxygen atoms in total. The quantitative estimate of drug-likeness (QED) is 0.327. The number of rotatable bonds is 14. The van der Waals surface area contributed by atoms with E-state index in [0.717, 1.165) is 29.5 Å².